The van der Waals surface area contributed by atoms with E-state index in [2.05, 4.69) is 34.2 Å². The summed E-state index contributed by atoms with van der Waals surface area (Å²) in [5, 5.41) is 3.07. The van der Waals surface area contributed by atoms with Crippen LogP contribution >= 0.6 is 0 Å². The Morgan fingerprint density at radius 3 is 2.26 bits per heavy atom. The third kappa shape index (κ3) is 5.08. The first-order valence-corrected chi connectivity index (χ1v) is 12.4. The number of anilines is 2. The second-order valence-corrected chi connectivity index (χ2v) is 9.25. The van der Waals surface area contributed by atoms with Crippen molar-refractivity contribution in [1.29, 1.82) is 0 Å². The second kappa shape index (κ2) is 10.3. The van der Waals surface area contributed by atoms with Crippen molar-refractivity contribution < 1.29 is 9.59 Å². The van der Waals surface area contributed by atoms with Gasteiger partial charge in [0.05, 0.1) is 0 Å². The Bertz CT molecular complexity index is 1170. The molecule has 0 saturated carbocycles. The molecule has 1 saturated heterocycles. The van der Waals surface area contributed by atoms with Crippen LogP contribution in [0.3, 0.4) is 0 Å². The van der Waals surface area contributed by atoms with E-state index in [1.165, 1.54) is 5.69 Å². The fraction of sp³-hybridized carbons (Fsp3) is 0.310. The molecule has 6 nitrogen and oxygen atoms in total. The molecule has 0 aliphatic carbocycles. The number of nitrogens with one attached hydrogen (secondary N) is 1. The average molecular weight is 469 g/mol. The molecule has 0 radical (unpaired) electrons. The highest BCUT2D eigenvalue weighted by atomic mass is 16.2. The molecule has 0 bridgehead atoms. The molecule has 180 valence electrons. The van der Waals surface area contributed by atoms with Crippen molar-refractivity contribution in [2.24, 2.45) is 0 Å². The Morgan fingerprint density at radius 1 is 0.886 bits per heavy atom. The lowest BCUT2D eigenvalue weighted by Gasteiger charge is -2.35. The lowest BCUT2D eigenvalue weighted by Crippen LogP contribution is -2.46. The molecular formula is C29H32N4O2. The van der Waals surface area contributed by atoms with E-state index in [4.69, 9.17) is 0 Å². The number of carbonyl (C=O) groups is 2. The molecule has 0 spiro atoms. The van der Waals surface area contributed by atoms with Crippen molar-refractivity contribution >= 4 is 23.2 Å². The Hall–Kier alpha value is -3.64. The summed E-state index contributed by atoms with van der Waals surface area (Å²) in [5.41, 5.74) is 4.60. The molecule has 2 heterocycles. The summed E-state index contributed by atoms with van der Waals surface area (Å²) < 4.78 is 0. The zero-order valence-corrected chi connectivity index (χ0v) is 20.2. The lowest BCUT2D eigenvalue weighted by atomic mass is 10.0. The first kappa shape index (κ1) is 23.1. The van der Waals surface area contributed by atoms with Crippen LogP contribution in [-0.2, 0) is 17.8 Å². The number of hydrogen-bond donors (Lipinski definition) is 1. The number of likely N-dealkylation sites (N-methyl/N-ethyl adjacent to an activating group) is 1. The van der Waals surface area contributed by atoms with Crippen LogP contribution in [0, 0.1) is 0 Å². The molecule has 0 unspecified atom stereocenters. The van der Waals surface area contributed by atoms with E-state index in [1.54, 1.807) is 4.90 Å². The van der Waals surface area contributed by atoms with Gasteiger partial charge in [0.2, 0.25) is 5.91 Å². The maximum Gasteiger partial charge on any atom is 0.255 e. The molecule has 2 aliphatic rings. The summed E-state index contributed by atoms with van der Waals surface area (Å²) in [6.45, 7) is 7.90. The molecule has 1 N–H and O–H groups in total. The molecule has 1 fully saturated rings. The summed E-state index contributed by atoms with van der Waals surface area (Å²) >= 11 is 0. The highest BCUT2D eigenvalue weighted by Gasteiger charge is 2.36. The average Bonchev–Trinajstić information content (AvgIpc) is 3.24. The molecule has 1 atom stereocenters. The molecule has 2 aliphatic heterocycles. The van der Waals surface area contributed by atoms with E-state index in [0.717, 1.165) is 49.5 Å². The summed E-state index contributed by atoms with van der Waals surface area (Å²) in [6, 6.07) is 25.0. The molecule has 0 aromatic heterocycles. The zero-order chi connectivity index (χ0) is 24.2. The number of carbonyl (C=O) groups excluding carboxylic acids is 2. The van der Waals surface area contributed by atoms with Gasteiger partial charge in [-0.15, -0.1) is 0 Å². The molecule has 35 heavy (non-hydrogen) atoms. The summed E-state index contributed by atoms with van der Waals surface area (Å²) in [6.07, 6.45) is 0.464. The Balaban J connectivity index is 1.31. The fourth-order valence-electron chi connectivity index (χ4n) is 5.01. The summed E-state index contributed by atoms with van der Waals surface area (Å²) in [4.78, 5) is 33.3. The number of rotatable bonds is 7. The van der Waals surface area contributed by atoms with Crippen LogP contribution < -0.4 is 10.2 Å². The van der Waals surface area contributed by atoms with Crippen molar-refractivity contribution in [3.8, 4) is 0 Å². The lowest BCUT2D eigenvalue weighted by molar-refractivity contribution is -0.120. The number of fused-ring (bicyclic) bond motifs is 1. The van der Waals surface area contributed by atoms with Gasteiger partial charge < -0.3 is 20.0 Å². The number of hydrogen-bond acceptors (Lipinski definition) is 4. The van der Waals surface area contributed by atoms with Gasteiger partial charge in [0.1, 0.15) is 6.04 Å². The van der Waals surface area contributed by atoms with Gasteiger partial charge >= 0.3 is 0 Å². The van der Waals surface area contributed by atoms with Crippen molar-refractivity contribution in [3.05, 3.63) is 95.6 Å². The van der Waals surface area contributed by atoms with E-state index >= 15 is 0 Å². The highest BCUT2D eigenvalue weighted by Crippen LogP contribution is 2.27. The minimum absolute atomic E-state index is 0.0850. The molecular weight excluding hydrogens is 436 g/mol. The number of nitrogens with zero attached hydrogens (tertiary/aromatic N) is 3. The van der Waals surface area contributed by atoms with Gasteiger partial charge in [-0.2, -0.15) is 0 Å². The Kier molecular flexibility index (Phi) is 6.82. The summed E-state index contributed by atoms with van der Waals surface area (Å²) in [5.74, 6) is -0.252. The number of piperazine rings is 1. The topological polar surface area (TPSA) is 55.9 Å². The van der Waals surface area contributed by atoms with Crippen LogP contribution in [-0.4, -0.2) is 60.4 Å². The zero-order valence-electron chi connectivity index (χ0n) is 20.2. The molecule has 3 aromatic carbocycles. The maximum atomic E-state index is 13.5. The largest absolute Gasteiger partial charge is 0.369 e. The van der Waals surface area contributed by atoms with Crippen LogP contribution in [0.25, 0.3) is 0 Å². The quantitative estimate of drug-likeness (QED) is 0.569. The minimum Gasteiger partial charge on any atom is -0.369 e. The Morgan fingerprint density at radius 2 is 1.57 bits per heavy atom. The van der Waals surface area contributed by atoms with Crippen molar-refractivity contribution in [1.82, 2.24) is 9.80 Å². The SMILES string of the molecule is CCN1CCN(c2ccc(NC(=O)[C@H](Cc3ccccc3)N3Cc4ccccc4C3=O)cc2)CC1. The third-order valence-corrected chi connectivity index (χ3v) is 7.12. The molecule has 2 amide bonds. The van der Waals surface area contributed by atoms with Crippen molar-refractivity contribution in [2.45, 2.75) is 25.9 Å². The normalized spacial score (nSPS) is 16.8. The number of benzene rings is 3. The van der Waals surface area contributed by atoms with Gasteiger partial charge in [-0.05, 0) is 48.0 Å². The highest BCUT2D eigenvalue weighted by molar-refractivity contribution is 6.03. The number of amides is 2. The van der Waals surface area contributed by atoms with Gasteiger partial charge in [-0.25, -0.2) is 0 Å². The first-order chi connectivity index (χ1) is 17.1. The molecule has 3 aromatic rings. The van der Waals surface area contributed by atoms with Crippen LogP contribution in [0.5, 0.6) is 0 Å². The first-order valence-electron chi connectivity index (χ1n) is 12.4. The van der Waals surface area contributed by atoms with Crippen LogP contribution in [0.4, 0.5) is 11.4 Å². The van der Waals surface area contributed by atoms with E-state index in [1.807, 2.05) is 66.7 Å². The summed E-state index contributed by atoms with van der Waals surface area (Å²) in [7, 11) is 0. The van der Waals surface area contributed by atoms with Crippen molar-refractivity contribution in [2.75, 3.05) is 42.9 Å². The minimum atomic E-state index is -0.598. The van der Waals surface area contributed by atoms with E-state index in [0.29, 0.717) is 18.5 Å². The molecule has 5 rings (SSSR count). The standard InChI is InChI=1S/C29H32N4O2/c1-2-31-16-18-32(19-17-31)25-14-12-24(13-15-25)30-28(34)27(20-22-8-4-3-5-9-22)33-21-23-10-6-7-11-26(23)29(33)35/h3-15,27H,2,16-21H2,1H3,(H,30,34)/t27-/m0/s1. The van der Waals surface area contributed by atoms with E-state index < -0.39 is 6.04 Å². The van der Waals surface area contributed by atoms with E-state index in [9.17, 15) is 9.59 Å². The smallest absolute Gasteiger partial charge is 0.255 e. The van der Waals surface area contributed by atoms with Crippen LogP contribution in [0.1, 0.15) is 28.4 Å². The van der Waals surface area contributed by atoms with Gasteiger partial charge in [-0.1, -0.05) is 55.5 Å². The monoisotopic (exact) mass is 468 g/mol. The molecule has 6 heteroatoms. The van der Waals surface area contributed by atoms with Gasteiger partial charge in [0.15, 0.2) is 0 Å². The van der Waals surface area contributed by atoms with Gasteiger partial charge in [-0.3, -0.25) is 9.59 Å². The third-order valence-electron chi connectivity index (χ3n) is 7.12. The van der Waals surface area contributed by atoms with Gasteiger partial charge in [0.25, 0.3) is 5.91 Å². The predicted octanol–water partition coefficient (Wildman–Crippen LogP) is 4.03. The van der Waals surface area contributed by atoms with Crippen LogP contribution in [0.2, 0.25) is 0 Å². The van der Waals surface area contributed by atoms with Gasteiger partial charge in [0, 0.05) is 56.1 Å². The maximum absolute atomic E-state index is 13.5. The predicted molar refractivity (Wildman–Crippen MR) is 140 cm³/mol. The van der Waals surface area contributed by atoms with Crippen molar-refractivity contribution in [3.63, 3.8) is 0 Å². The van der Waals surface area contributed by atoms with Crippen LogP contribution in [0.15, 0.2) is 78.9 Å². The Labute approximate surface area is 207 Å². The van der Waals surface area contributed by atoms with E-state index in [-0.39, 0.29) is 11.8 Å². The fourth-order valence-corrected chi connectivity index (χ4v) is 5.01. The second-order valence-electron chi connectivity index (χ2n) is 9.25.